The SMILES string of the molecule is COc1cc(C(=O)N[C@@H](C)Cc2ccc(O)c(O)c2)ccc1C. The topological polar surface area (TPSA) is 78.8 Å². The molecule has 0 aromatic heterocycles. The van der Waals surface area contributed by atoms with E-state index in [-0.39, 0.29) is 23.4 Å². The predicted molar refractivity (Wildman–Crippen MR) is 88.1 cm³/mol. The number of rotatable bonds is 5. The van der Waals surface area contributed by atoms with Crippen LogP contribution in [0.25, 0.3) is 0 Å². The molecule has 0 unspecified atom stereocenters. The number of hydrogen-bond donors (Lipinski definition) is 3. The summed E-state index contributed by atoms with van der Waals surface area (Å²) in [5, 5.41) is 21.7. The molecule has 0 bridgehead atoms. The van der Waals surface area contributed by atoms with Gasteiger partial charge in [-0.05, 0) is 55.7 Å². The summed E-state index contributed by atoms with van der Waals surface area (Å²) in [4.78, 5) is 12.3. The van der Waals surface area contributed by atoms with E-state index >= 15 is 0 Å². The van der Waals surface area contributed by atoms with Gasteiger partial charge in [-0.3, -0.25) is 4.79 Å². The lowest BCUT2D eigenvalue weighted by molar-refractivity contribution is 0.0939. The van der Waals surface area contributed by atoms with Crippen molar-refractivity contribution in [2.45, 2.75) is 26.3 Å². The molecule has 5 heteroatoms. The number of nitrogens with one attached hydrogen (secondary N) is 1. The molecule has 2 aromatic rings. The molecular formula is C18H21NO4. The van der Waals surface area contributed by atoms with E-state index in [0.717, 1.165) is 11.1 Å². The van der Waals surface area contributed by atoms with Crippen molar-refractivity contribution in [3.8, 4) is 17.2 Å². The molecule has 0 fully saturated rings. The Bertz CT molecular complexity index is 712. The zero-order valence-electron chi connectivity index (χ0n) is 13.5. The van der Waals surface area contributed by atoms with Crippen molar-refractivity contribution >= 4 is 5.91 Å². The number of methoxy groups -OCH3 is 1. The van der Waals surface area contributed by atoms with Crippen LogP contribution in [0.2, 0.25) is 0 Å². The molecule has 1 amide bonds. The number of carbonyl (C=O) groups is 1. The van der Waals surface area contributed by atoms with E-state index in [0.29, 0.717) is 17.7 Å². The third-order valence-corrected chi connectivity index (χ3v) is 3.63. The second-order valence-electron chi connectivity index (χ2n) is 5.59. The lowest BCUT2D eigenvalue weighted by atomic mass is 10.1. The third kappa shape index (κ3) is 4.16. The molecule has 0 saturated carbocycles. The molecule has 0 radical (unpaired) electrons. The summed E-state index contributed by atoms with van der Waals surface area (Å²) in [7, 11) is 1.57. The van der Waals surface area contributed by atoms with E-state index in [1.165, 1.54) is 12.1 Å². The van der Waals surface area contributed by atoms with Crippen LogP contribution in [-0.4, -0.2) is 29.3 Å². The molecule has 0 aliphatic heterocycles. The van der Waals surface area contributed by atoms with E-state index in [4.69, 9.17) is 4.74 Å². The summed E-state index contributed by atoms with van der Waals surface area (Å²) in [6.07, 6.45) is 0.544. The fraction of sp³-hybridized carbons (Fsp3) is 0.278. The van der Waals surface area contributed by atoms with Gasteiger partial charge >= 0.3 is 0 Å². The van der Waals surface area contributed by atoms with Crippen molar-refractivity contribution in [2.24, 2.45) is 0 Å². The Morgan fingerprint density at radius 3 is 2.57 bits per heavy atom. The van der Waals surface area contributed by atoms with Crippen molar-refractivity contribution in [2.75, 3.05) is 7.11 Å². The Kier molecular flexibility index (Phi) is 5.11. The summed E-state index contributed by atoms with van der Waals surface area (Å²) in [6, 6.07) is 9.83. The fourth-order valence-electron chi connectivity index (χ4n) is 2.37. The van der Waals surface area contributed by atoms with Crippen molar-refractivity contribution in [1.82, 2.24) is 5.32 Å². The van der Waals surface area contributed by atoms with Crippen LogP contribution < -0.4 is 10.1 Å². The molecule has 0 aliphatic rings. The summed E-state index contributed by atoms with van der Waals surface area (Å²) in [5.74, 6) is 0.175. The second-order valence-corrected chi connectivity index (χ2v) is 5.59. The maximum Gasteiger partial charge on any atom is 0.251 e. The Morgan fingerprint density at radius 2 is 1.91 bits per heavy atom. The molecular weight excluding hydrogens is 294 g/mol. The number of phenols is 2. The Balaban J connectivity index is 2.03. The van der Waals surface area contributed by atoms with Crippen LogP contribution in [0.5, 0.6) is 17.2 Å². The second kappa shape index (κ2) is 7.05. The van der Waals surface area contributed by atoms with Gasteiger partial charge in [0.15, 0.2) is 11.5 Å². The van der Waals surface area contributed by atoms with Gasteiger partial charge in [-0.2, -0.15) is 0 Å². The van der Waals surface area contributed by atoms with Gasteiger partial charge in [0, 0.05) is 11.6 Å². The molecule has 5 nitrogen and oxygen atoms in total. The largest absolute Gasteiger partial charge is 0.504 e. The van der Waals surface area contributed by atoms with Gasteiger partial charge in [0.1, 0.15) is 5.75 Å². The Morgan fingerprint density at radius 1 is 1.17 bits per heavy atom. The van der Waals surface area contributed by atoms with E-state index in [1.54, 1.807) is 25.3 Å². The minimum Gasteiger partial charge on any atom is -0.504 e. The first kappa shape index (κ1) is 16.7. The lowest BCUT2D eigenvalue weighted by Crippen LogP contribution is -2.34. The van der Waals surface area contributed by atoms with Crippen LogP contribution in [0.4, 0.5) is 0 Å². The number of amides is 1. The maximum atomic E-state index is 12.3. The highest BCUT2D eigenvalue weighted by molar-refractivity contribution is 5.94. The number of aromatic hydroxyl groups is 2. The highest BCUT2D eigenvalue weighted by atomic mass is 16.5. The molecule has 0 spiro atoms. The fourth-order valence-corrected chi connectivity index (χ4v) is 2.37. The van der Waals surface area contributed by atoms with Crippen LogP contribution in [-0.2, 0) is 6.42 Å². The summed E-state index contributed by atoms with van der Waals surface area (Å²) >= 11 is 0. The Labute approximate surface area is 135 Å². The van der Waals surface area contributed by atoms with Crippen molar-refractivity contribution in [3.05, 3.63) is 53.1 Å². The molecule has 2 aromatic carbocycles. The Hall–Kier alpha value is -2.69. The molecule has 1 atom stereocenters. The van der Waals surface area contributed by atoms with Crippen LogP contribution in [0.1, 0.15) is 28.4 Å². The van der Waals surface area contributed by atoms with Crippen molar-refractivity contribution < 1.29 is 19.7 Å². The molecule has 0 aliphatic carbocycles. The molecule has 2 rings (SSSR count). The minimum absolute atomic E-state index is 0.126. The third-order valence-electron chi connectivity index (χ3n) is 3.63. The van der Waals surface area contributed by atoms with Gasteiger partial charge in [-0.15, -0.1) is 0 Å². The normalized spacial score (nSPS) is 11.8. The van der Waals surface area contributed by atoms with Crippen LogP contribution in [0.3, 0.4) is 0 Å². The number of carbonyl (C=O) groups excluding carboxylic acids is 1. The molecule has 23 heavy (non-hydrogen) atoms. The summed E-state index contributed by atoms with van der Waals surface area (Å²) in [5.41, 5.74) is 2.33. The van der Waals surface area contributed by atoms with E-state index in [9.17, 15) is 15.0 Å². The van der Waals surface area contributed by atoms with Gasteiger partial charge in [-0.25, -0.2) is 0 Å². The number of aryl methyl sites for hydroxylation is 1. The zero-order chi connectivity index (χ0) is 17.0. The smallest absolute Gasteiger partial charge is 0.251 e. The van der Waals surface area contributed by atoms with Crippen LogP contribution in [0.15, 0.2) is 36.4 Å². The maximum absolute atomic E-state index is 12.3. The minimum atomic E-state index is -0.182. The average Bonchev–Trinajstić information content (AvgIpc) is 2.51. The number of hydrogen-bond acceptors (Lipinski definition) is 4. The predicted octanol–water partition coefficient (Wildman–Crippen LogP) is 2.78. The lowest BCUT2D eigenvalue weighted by Gasteiger charge is -2.15. The highest BCUT2D eigenvalue weighted by Gasteiger charge is 2.13. The molecule has 122 valence electrons. The average molecular weight is 315 g/mol. The van der Waals surface area contributed by atoms with Crippen molar-refractivity contribution in [3.63, 3.8) is 0 Å². The standard InChI is InChI=1S/C18H21NO4/c1-11-4-6-14(10-17(11)23-3)18(22)19-12(2)8-13-5-7-15(20)16(21)9-13/h4-7,9-10,12,20-21H,8H2,1-3H3,(H,19,22)/t12-/m0/s1. The number of phenolic OH excluding ortho intramolecular Hbond substituents is 2. The monoisotopic (exact) mass is 315 g/mol. The molecule has 0 heterocycles. The first-order chi connectivity index (χ1) is 10.9. The first-order valence-electron chi connectivity index (χ1n) is 7.37. The first-order valence-corrected chi connectivity index (χ1v) is 7.37. The number of benzene rings is 2. The van der Waals surface area contributed by atoms with E-state index in [1.807, 2.05) is 19.9 Å². The zero-order valence-corrected chi connectivity index (χ0v) is 13.5. The van der Waals surface area contributed by atoms with Gasteiger partial charge in [0.2, 0.25) is 0 Å². The molecule has 3 N–H and O–H groups in total. The quantitative estimate of drug-likeness (QED) is 0.741. The van der Waals surface area contributed by atoms with Gasteiger partial charge in [0.25, 0.3) is 5.91 Å². The van der Waals surface area contributed by atoms with Gasteiger partial charge in [0.05, 0.1) is 7.11 Å². The van der Waals surface area contributed by atoms with E-state index < -0.39 is 0 Å². The van der Waals surface area contributed by atoms with Crippen LogP contribution in [0, 0.1) is 6.92 Å². The summed E-state index contributed by atoms with van der Waals surface area (Å²) < 4.78 is 5.23. The van der Waals surface area contributed by atoms with Crippen LogP contribution >= 0.6 is 0 Å². The number of ether oxygens (including phenoxy) is 1. The molecule has 0 saturated heterocycles. The highest BCUT2D eigenvalue weighted by Crippen LogP contribution is 2.25. The van der Waals surface area contributed by atoms with Gasteiger partial charge in [-0.1, -0.05) is 12.1 Å². The van der Waals surface area contributed by atoms with E-state index in [2.05, 4.69) is 5.32 Å². The van der Waals surface area contributed by atoms with Gasteiger partial charge < -0.3 is 20.3 Å². The van der Waals surface area contributed by atoms with Crippen molar-refractivity contribution in [1.29, 1.82) is 0 Å². The summed E-state index contributed by atoms with van der Waals surface area (Å²) in [6.45, 7) is 3.80.